The highest BCUT2D eigenvalue weighted by molar-refractivity contribution is 5.84. The first-order chi connectivity index (χ1) is 9.97. The maximum absolute atomic E-state index is 13.1. The fourth-order valence-corrected chi connectivity index (χ4v) is 1.69. The van der Waals surface area contributed by atoms with Gasteiger partial charge in [0.1, 0.15) is 11.8 Å². The van der Waals surface area contributed by atoms with E-state index in [-0.39, 0.29) is 12.2 Å². The van der Waals surface area contributed by atoms with E-state index >= 15 is 0 Å². The molecule has 0 saturated heterocycles. The molecule has 21 heavy (non-hydrogen) atoms. The molecule has 112 valence electrons. The quantitative estimate of drug-likeness (QED) is 0.835. The van der Waals surface area contributed by atoms with E-state index in [1.54, 1.807) is 12.1 Å². The number of halogens is 3. The van der Waals surface area contributed by atoms with E-state index in [2.05, 4.69) is 10.6 Å². The summed E-state index contributed by atoms with van der Waals surface area (Å²) in [6.45, 7) is 1.71. The van der Waals surface area contributed by atoms with Crippen LogP contribution in [0.15, 0.2) is 34.9 Å². The lowest BCUT2D eigenvalue weighted by molar-refractivity contribution is -0.121. The van der Waals surface area contributed by atoms with Crippen LogP contribution in [0.4, 0.5) is 18.9 Å². The number of carbonyl (C=O) groups excluding carboxylic acids is 1. The SMILES string of the molecule is CC(Nc1cc(F)c(F)c(F)c1)C(=O)NCc1ccco1. The minimum Gasteiger partial charge on any atom is -0.467 e. The van der Waals surface area contributed by atoms with Crippen LogP contribution in [0.5, 0.6) is 0 Å². The molecule has 0 bridgehead atoms. The number of hydrogen-bond donors (Lipinski definition) is 2. The lowest BCUT2D eigenvalue weighted by Gasteiger charge is -2.15. The maximum atomic E-state index is 13.1. The van der Waals surface area contributed by atoms with Crippen molar-refractivity contribution in [2.24, 2.45) is 0 Å². The van der Waals surface area contributed by atoms with Gasteiger partial charge in [-0.25, -0.2) is 13.2 Å². The topological polar surface area (TPSA) is 54.3 Å². The van der Waals surface area contributed by atoms with E-state index in [1.165, 1.54) is 13.2 Å². The number of furan rings is 1. The average Bonchev–Trinajstić information content (AvgIpc) is 2.95. The summed E-state index contributed by atoms with van der Waals surface area (Å²) in [4.78, 5) is 11.8. The summed E-state index contributed by atoms with van der Waals surface area (Å²) >= 11 is 0. The Balaban J connectivity index is 1.94. The predicted molar refractivity (Wildman–Crippen MR) is 70.0 cm³/mol. The van der Waals surface area contributed by atoms with Gasteiger partial charge < -0.3 is 15.1 Å². The van der Waals surface area contributed by atoms with Crippen molar-refractivity contribution in [1.82, 2.24) is 5.32 Å². The van der Waals surface area contributed by atoms with E-state index in [4.69, 9.17) is 4.42 Å². The lowest BCUT2D eigenvalue weighted by Crippen LogP contribution is -2.37. The van der Waals surface area contributed by atoms with Gasteiger partial charge in [-0.3, -0.25) is 4.79 Å². The van der Waals surface area contributed by atoms with E-state index < -0.39 is 29.4 Å². The molecule has 0 aliphatic rings. The Hall–Kier alpha value is -2.44. The number of anilines is 1. The normalized spacial score (nSPS) is 12.0. The van der Waals surface area contributed by atoms with E-state index in [1.807, 2.05) is 0 Å². The van der Waals surface area contributed by atoms with Gasteiger partial charge in [-0.15, -0.1) is 0 Å². The number of amides is 1. The van der Waals surface area contributed by atoms with Crippen molar-refractivity contribution < 1.29 is 22.4 Å². The molecular weight excluding hydrogens is 285 g/mol. The molecule has 0 aliphatic heterocycles. The second-order valence-corrected chi connectivity index (χ2v) is 4.42. The first-order valence-corrected chi connectivity index (χ1v) is 6.18. The highest BCUT2D eigenvalue weighted by atomic mass is 19.2. The first-order valence-electron chi connectivity index (χ1n) is 6.18. The van der Waals surface area contributed by atoms with Gasteiger partial charge >= 0.3 is 0 Å². The zero-order valence-corrected chi connectivity index (χ0v) is 11.1. The van der Waals surface area contributed by atoms with E-state index in [0.717, 1.165) is 12.1 Å². The molecule has 1 amide bonds. The minimum absolute atomic E-state index is 0.0213. The molecule has 1 aromatic heterocycles. The Morgan fingerprint density at radius 3 is 2.52 bits per heavy atom. The Morgan fingerprint density at radius 1 is 1.29 bits per heavy atom. The fourth-order valence-electron chi connectivity index (χ4n) is 1.69. The van der Waals surface area contributed by atoms with Gasteiger partial charge in [0, 0.05) is 17.8 Å². The Kier molecular flexibility index (Phi) is 4.52. The second kappa shape index (κ2) is 6.34. The molecule has 0 saturated carbocycles. The van der Waals surface area contributed by atoms with Gasteiger partial charge in [-0.2, -0.15) is 0 Å². The molecule has 4 nitrogen and oxygen atoms in total. The van der Waals surface area contributed by atoms with Crippen LogP contribution < -0.4 is 10.6 Å². The summed E-state index contributed by atoms with van der Waals surface area (Å²) in [6.07, 6.45) is 1.48. The Labute approximate surface area is 119 Å². The molecule has 7 heteroatoms. The van der Waals surface area contributed by atoms with E-state index in [9.17, 15) is 18.0 Å². The van der Waals surface area contributed by atoms with Crippen molar-refractivity contribution in [3.05, 3.63) is 53.7 Å². The smallest absolute Gasteiger partial charge is 0.242 e. The molecule has 0 aliphatic carbocycles. The molecule has 1 heterocycles. The van der Waals surface area contributed by atoms with Gasteiger partial charge in [0.05, 0.1) is 12.8 Å². The van der Waals surface area contributed by atoms with Crippen molar-refractivity contribution in [2.75, 3.05) is 5.32 Å². The van der Waals surface area contributed by atoms with Crippen LogP contribution in [0.1, 0.15) is 12.7 Å². The zero-order valence-electron chi connectivity index (χ0n) is 11.1. The van der Waals surface area contributed by atoms with Gasteiger partial charge in [0.2, 0.25) is 5.91 Å². The Morgan fingerprint density at radius 2 is 1.95 bits per heavy atom. The standard InChI is InChI=1S/C14H13F3N2O2/c1-8(14(20)18-7-10-3-2-4-21-10)19-9-5-11(15)13(17)12(16)6-9/h2-6,8,19H,7H2,1H3,(H,18,20). The maximum Gasteiger partial charge on any atom is 0.242 e. The zero-order chi connectivity index (χ0) is 15.4. The summed E-state index contributed by atoms with van der Waals surface area (Å²) < 4.78 is 44.0. The van der Waals surface area contributed by atoms with Crippen LogP contribution in [0, 0.1) is 17.5 Å². The van der Waals surface area contributed by atoms with Crippen molar-refractivity contribution in [2.45, 2.75) is 19.5 Å². The molecule has 2 aromatic rings. The molecule has 0 radical (unpaired) electrons. The predicted octanol–water partition coefficient (Wildman–Crippen LogP) is 2.81. The van der Waals surface area contributed by atoms with Gasteiger partial charge in [-0.1, -0.05) is 0 Å². The molecule has 0 fully saturated rings. The number of rotatable bonds is 5. The summed E-state index contributed by atoms with van der Waals surface area (Å²) in [5, 5.41) is 5.18. The first kappa shape index (κ1) is 15.0. The molecule has 0 spiro atoms. The highest BCUT2D eigenvalue weighted by Gasteiger charge is 2.16. The van der Waals surface area contributed by atoms with Crippen LogP contribution in [0.2, 0.25) is 0 Å². The van der Waals surface area contributed by atoms with Crippen molar-refractivity contribution in [1.29, 1.82) is 0 Å². The van der Waals surface area contributed by atoms with Crippen LogP contribution in [-0.2, 0) is 11.3 Å². The van der Waals surface area contributed by atoms with Crippen molar-refractivity contribution in [3.63, 3.8) is 0 Å². The van der Waals surface area contributed by atoms with Crippen LogP contribution in [0.3, 0.4) is 0 Å². The summed E-state index contributed by atoms with van der Waals surface area (Å²) in [5.41, 5.74) is -0.0213. The third-order valence-corrected chi connectivity index (χ3v) is 2.78. The third-order valence-electron chi connectivity index (χ3n) is 2.78. The summed E-state index contributed by atoms with van der Waals surface area (Å²) in [6, 6.07) is 4.20. The van der Waals surface area contributed by atoms with E-state index in [0.29, 0.717) is 5.76 Å². The number of nitrogens with one attached hydrogen (secondary N) is 2. The molecule has 2 rings (SSSR count). The van der Waals surface area contributed by atoms with Crippen LogP contribution in [0.25, 0.3) is 0 Å². The number of hydrogen-bond acceptors (Lipinski definition) is 3. The molecule has 2 N–H and O–H groups in total. The number of benzene rings is 1. The summed E-state index contributed by atoms with van der Waals surface area (Å²) in [5.74, 6) is -4.00. The molecular formula is C14H13F3N2O2. The van der Waals surface area contributed by atoms with Gasteiger partial charge in [0.15, 0.2) is 17.5 Å². The Bertz CT molecular complexity index is 606. The average molecular weight is 298 g/mol. The highest BCUT2D eigenvalue weighted by Crippen LogP contribution is 2.18. The second-order valence-electron chi connectivity index (χ2n) is 4.42. The monoisotopic (exact) mass is 298 g/mol. The van der Waals surface area contributed by atoms with Crippen LogP contribution in [-0.4, -0.2) is 11.9 Å². The van der Waals surface area contributed by atoms with Crippen molar-refractivity contribution >= 4 is 11.6 Å². The molecule has 1 unspecified atom stereocenters. The summed E-state index contributed by atoms with van der Waals surface area (Å²) in [7, 11) is 0. The van der Waals surface area contributed by atoms with Gasteiger partial charge in [0.25, 0.3) is 0 Å². The largest absolute Gasteiger partial charge is 0.467 e. The van der Waals surface area contributed by atoms with Crippen molar-refractivity contribution in [3.8, 4) is 0 Å². The molecule has 1 aromatic carbocycles. The fraction of sp³-hybridized carbons (Fsp3) is 0.214. The lowest BCUT2D eigenvalue weighted by atomic mass is 10.2. The minimum atomic E-state index is -1.55. The third kappa shape index (κ3) is 3.77. The van der Waals surface area contributed by atoms with Crippen LogP contribution >= 0.6 is 0 Å². The molecule has 1 atom stereocenters. The number of carbonyl (C=O) groups is 1. The van der Waals surface area contributed by atoms with Gasteiger partial charge in [-0.05, 0) is 19.1 Å².